The van der Waals surface area contributed by atoms with E-state index < -0.39 is 5.82 Å². The van der Waals surface area contributed by atoms with Crippen molar-refractivity contribution in [3.05, 3.63) is 94.1 Å². The van der Waals surface area contributed by atoms with Gasteiger partial charge in [0.05, 0.1) is 28.0 Å². The predicted molar refractivity (Wildman–Crippen MR) is 118 cm³/mol. The molecule has 0 spiro atoms. The molecule has 0 fully saturated rings. The average molecular weight is 413 g/mol. The van der Waals surface area contributed by atoms with Crippen LogP contribution in [0.3, 0.4) is 0 Å². The van der Waals surface area contributed by atoms with E-state index in [2.05, 4.69) is 26.5 Å². The molecule has 4 aromatic heterocycles. The molecule has 0 aliphatic carbocycles. The maximum atomic E-state index is 15.4. The number of rotatable bonds is 5. The summed E-state index contributed by atoms with van der Waals surface area (Å²) < 4.78 is 15.4. The van der Waals surface area contributed by atoms with Gasteiger partial charge < -0.3 is 4.98 Å². The van der Waals surface area contributed by atoms with Crippen molar-refractivity contribution in [1.29, 1.82) is 0 Å². The minimum atomic E-state index is -0.407. The average Bonchev–Trinajstić information content (AvgIpc) is 3.40. The van der Waals surface area contributed by atoms with E-state index in [4.69, 9.17) is 4.98 Å². The summed E-state index contributed by atoms with van der Waals surface area (Å²) in [6, 6.07) is 3.86. The maximum Gasteiger partial charge on any atom is 0.161 e. The summed E-state index contributed by atoms with van der Waals surface area (Å²) in [5.74, 6) is 0.109. The van der Waals surface area contributed by atoms with E-state index in [1.165, 1.54) is 0 Å². The normalized spacial score (nSPS) is 13.4. The van der Waals surface area contributed by atoms with Crippen molar-refractivity contribution < 1.29 is 4.39 Å². The van der Waals surface area contributed by atoms with Crippen LogP contribution in [0.2, 0.25) is 0 Å². The van der Waals surface area contributed by atoms with Gasteiger partial charge in [-0.2, -0.15) is 11.3 Å². The summed E-state index contributed by atoms with van der Waals surface area (Å²) in [6.45, 7) is 5.50. The number of nitrogens with zero attached hydrogens (tertiary/aromatic N) is 4. The van der Waals surface area contributed by atoms with Gasteiger partial charge in [0.1, 0.15) is 16.9 Å². The SMILES string of the molecule is C=C/C=C\C(=C/C)c1ncc2c(c1F)=C(c1nc3c(-c4ccsc4)nccc3[nH]1)N=2. The van der Waals surface area contributed by atoms with Gasteiger partial charge in [0.15, 0.2) is 11.6 Å². The van der Waals surface area contributed by atoms with Crippen LogP contribution in [0.4, 0.5) is 4.39 Å². The lowest BCUT2D eigenvalue weighted by Gasteiger charge is -2.11. The Morgan fingerprint density at radius 1 is 1.27 bits per heavy atom. The van der Waals surface area contributed by atoms with Crippen LogP contribution in [0.1, 0.15) is 18.4 Å². The second-order valence-electron chi connectivity index (χ2n) is 6.63. The van der Waals surface area contributed by atoms with Crippen LogP contribution < -0.4 is 10.6 Å². The molecule has 1 aliphatic heterocycles. The van der Waals surface area contributed by atoms with Crippen LogP contribution in [-0.4, -0.2) is 19.9 Å². The summed E-state index contributed by atoms with van der Waals surface area (Å²) >= 11 is 1.60. The molecule has 0 saturated heterocycles. The Morgan fingerprint density at radius 3 is 2.93 bits per heavy atom. The van der Waals surface area contributed by atoms with Crippen molar-refractivity contribution in [2.24, 2.45) is 4.99 Å². The molecule has 0 bridgehead atoms. The molecule has 0 aromatic carbocycles. The molecule has 5 heterocycles. The van der Waals surface area contributed by atoms with E-state index in [0.717, 1.165) is 22.3 Å². The molecule has 7 heteroatoms. The number of aromatic nitrogens is 4. The molecule has 5 rings (SSSR count). The second-order valence-corrected chi connectivity index (χ2v) is 7.41. The third-order valence-corrected chi connectivity index (χ3v) is 5.57. The number of allylic oxidation sites excluding steroid dienone is 5. The van der Waals surface area contributed by atoms with Gasteiger partial charge in [-0.05, 0) is 30.0 Å². The molecule has 30 heavy (non-hydrogen) atoms. The number of nitrogens with one attached hydrogen (secondary N) is 1. The number of halogens is 1. The Balaban J connectivity index is 1.68. The van der Waals surface area contributed by atoms with Gasteiger partial charge in [0, 0.05) is 17.1 Å². The van der Waals surface area contributed by atoms with Crippen molar-refractivity contribution in [2.75, 3.05) is 0 Å². The van der Waals surface area contributed by atoms with Crippen molar-refractivity contribution in [1.82, 2.24) is 19.9 Å². The van der Waals surface area contributed by atoms with Gasteiger partial charge in [-0.15, -0.1) is 0 Å². The highest BCUT2D eigenvalue weighted by Crippen LogP contribution is 2.28. The topological polar surface area (TPSA) is 66.8 Å². The first-order valence-electron chi connectivity index (χ1n) is 9.32. The number of aromatic amines is 1. The number of fused-ring (bicyclic) bond motifs is 2. The zero-order chi connectivity index (χ0) is 20.7. The molecule has 146 valence electrons. The Hall–Kier alpha value is -3.71. The number of imidazole rings is 1. The van der Waals surface area contributed by atoms with E-state index in [-0.39, 0.29) is 5.69 Å². The first kappa shape index (κ1) is 18.3. The van der Waals surface area contributed by atoms with Crippen molar-refractivity contribution >= 4 is 33.6 Å². The number of H-pyrrole nitrogens is 1. The van der Waals surface area contributed by atoms with Crippen molar-refractivity contribution in [2.45, 2.75) is 6.92 Å². The van der Waals surface area contributed by atoms with E-state index >= 15 is 4.39 Å². The van der Waals surface area contributed by atoms with E-state index in [9.17, 15) is 0 Å². The fourth-order valence-electron chi connectivity index (χ4n) is 3.43. The Morgan fingerprint density at radius 2 is 2.17 bits per heavy atom. The Bertz CT molecular complexity index is 1480. The summed E-state index contributed by atoms with van der Waals surface area (Å²) in [7, 11) is 0. The minimum absolute atomic E-state index is 0.276. The lowest BCUT2D eigenvalue weighted by molar-refractivity contribution is 0.600. The number of pyridine rings is 2. The van der Waals surface area contributed by atoms with Gasteiger partial charge in [0.25, 0.3) is 0 Å². The van der Waals surface area contributed by atoms with Crippen LogP contribution in [-0.2, 0) is 0 Å². The lowest BCUT2D eigenvalue weighted by Crippen LogP contribution is -2.40. The number of thiophene rings is 1. The third kappa shape index (κ3) is 2.83. The van der Waals surface area contributed by atoms with Gasteiger partial charge >= 0.3 is 0 Å². The van der Waals surface area contributed by atoms with Crippen LogP contribution in [0.5, 0.6) is 0 Å². The first-order chi connectivity index (χ1) is 14.7. The molecule has 0 unspecified atom stereocenters. The molecule has 0 atom stereocenters. The zero-order valence-corrected chi connectivity index (χ0v) is 16.9. The highest BCUT2D eigenvalue weighted by atomic mass is 32.1. The fourth-order valence-corrected chi connectivity index (χ4v) is 4.07. The zero-order valence-electron chi connectivity index (χ0n) is 16.1. The summed E-state index contributed by atoms with van der Waals surface area (Å²) in [6.07, 6.45) is 10.3. The van der Waals surface area contributed by atoms with Crippen LogP contribution in [0.25, 0.3) is 33.6 Å². The van der Waals surface area contributed by atoms with Gasteiger partial charge in [0.2, 0.25) is 0 Å². The van der Waals surface area contributed by atoms with E-state index in [0.29, 0.717) is 27.7 Å². The summed E-state index contributed by atoms with van der Waals surface area (Å²) in [5, 5.41) is 4.97. The maximum absolute atomic E-state index is 15.4. The molecule has 1 aliphatic rings. The molecular weight excluding hydrogens is 397 g/mol. The largest absolute Gasteiger partial charge is 0.337 e. The minimum Gasteiger partial charge on any atom is -0.337 e. The van der Waals surface area contributed by atoms with Gasteiger partial charge in [-0.25, -0.2) is 14.4 Å². The number of hydrogen-bond donors (Lipinski definition) is 1. The lowest BCUT2D eigenvalue weighted by atomic mass is 10.1. The standard InChI is InChI=1S/C23H16FN5S/c1-3-5-6-13(4-2)19-18(24)17-16(11-26-19)27-22(17)23-28-15-7-9-25-20(21(15)29-23)14-8-10-30-12-14/h3-12H,1H2,2H3,(H,28,29)/b6-5-,13-4+. The predicted octanol–water partition coefficient (Wildman–Crippen LogP) is 4.16. The van der Waals surface area contributed by atoms with Crippen LogP contribution in [0.15, 0.2) is 71.2 Å². The monoisotopic (exact) mass is 413 g/mol. The van der Waals surface area contributed by atoms with E-state index in [1.54, 1.807) is 42.0 Å². The molecule has 0 amide bonds. The van der Waals surface area contributed by atoms with Crippen LogP contribution in [0, 0.1) is 5.82 Å². The van der Waals surface area contributed by atoms with E-state index in [1.807, 2.05) is 35.9 Å². The quantitative estimate of drug-likeness (QED) is 0.500. The first-order valence-corrected chi connectivity index (χ1v) is 10.3. The van der Waals surface area contributed by atoms with Crippen LogP contribution >= 0.6 is 11.3 Å². The highest BCUT2D eigenvalue weighted by molar-refractivity contribution is 7.08. The fraction of sp³-hybridized carbons (Fsp3) is 0.0435. The molecule has 0 saturated carbocycles. The van der Waals surface area contributed by atoms with Crippen molar-refractivity contribution in [3.8, 4) is 11.3 Å². The highest BCUT2D eigenvalue weighted by Gasteiger charge is 2.22. The molecule has 1 N–H and O–H groups in total. The number of hydrogen-bond acceptors (Lipinski definition) is 5. The van der Waals surface area contributed by atoms with Crippen molar-refractivity contribution in [3.63, 3.8) is 0 Å². The Kier molecular flexibility index (Phi) is 4.44. The molecular formula is C23H16FN5S. The Labute approximate surface area is 175 Å². The second kappa shape index (κ2) is 7.27. The third-order valence-electron chi connectivity index (χ3n) is 4.88. The molecule has 5 nitrogen and oxygen atoms in total. The van der Waals surface area contributed by atoms with Gasteiger partial charge in [-0.1, -0.05) is 30.9 Å². The molecule has 0 radical (unpaired) electrons. The smallest absolute Gasteiger partial charge is 0.161 e. The molecule has 4 aromatic rings. The van der Waals surface area contributed by atoms with Gasteiger partial charge in [-0.3, -0.25) is 9.97 Å². The summed E-state index contributed by atoms with van der Waals surface area (Å²) in [5.41, 5.74) is 4.80. The summed E-state index contributed by atoms with van der Waals surface area (Å²) in [4.78, 5) is 21.1.